The Balaban J connectivity index is 1.85. The Labute approximate surface area is 109 Å². The minimum atomic E-state index is 0.570. The van der Waals surface area contributed by atoms with Crippen LogP contribution in [-0.4, -0.2) is 39.5 Å². The third-order valence-electron chi connectivity index (χ3n) is 3.10. The van der Waals surface area contributed by atoms with Gasteiger partial charge in [0.1, 0.15) is 12.4 Å². The number of rotatable bonds is 6. The predicted molar refractivity (Wildman–Crippen MR) is 73.3 cm³/mol. The summed E-state index contributed by atoms with van der Waals surface area (Å²) >= 11 is 0. The Morgan fingerprint density at radius 1 is 1.28 bits per heavy atom. The molecule has 1 aliphatic rings. The maximum absolute atomic E-state index is 5.60. The highest BCUT2D eigenvalue weighted by molar-refractivity contribution is 5.48. The molecule has 4 heteroatoms. The number of hydrogen-bond donors (Lipinski definition) is 2. The molecule has 1 aliphatic heterocycles. The first-order valence-electron chi connectivity index (χ1n) is 6.57. The quantitative estimate of drug-likeness (QED) is 0.757. The maximum atomic E-state index is 5.60. The molecule has 2 N–H and O–H groups in total. The van der Waals surface area contributed by atoms with Crippen LogP contribution in [0.5, 0.6) is 5.75 Å². The molecule has 0 aromatic heterocycles. The van der Waals surface area contributed by atoms with Crippen molar-refractivity contribution in [3.05, 3.63) is 24.3 Å². The topological polar surface area (TPSA) is 42.5 Å². The van der Waals surface area contributed by atoms with Crippen LogP contribution in [0.2, 0.25) is 0 Å². The summed E-state index contributed by atoms with van der Waals surface area (Å²) in [5.41, 5.74) is 1.14. The number of nitrogens with one attached hydrogen (secondary N) is 2. The van der Waals surface area contributed by atoms with Gasteiger partial charge in [-0.3, -0.25) is 0 Å². The Kier molecular flexibility index (Phi) is 5.30. The Hall–Kier alpha value is -1.26. The van der Waals surface area contributed by atoms with Crippen LogP contribution in [0.1, 0.15) is 12.8 Å². The van der Waals surface area contributed by atoms with Crippen molar-refractivity contribution in [2.45, 2.75) is 18.9 Å². The zero-order valence-electron chi connectivity index (χ0n) is 10.9. The number of anilines is 1. The van der Waals surface area contributed by atoms with Crippen molar-refractivity contribution in [1.29, 1.82) is 0 Å². The molecule has 0 saturated carbocycles. The van der Waals surface area contributed by atoms with Gasteiger partial charge in [-0.25, -0.2) is 0 Å². The fourth-order valence-electron chi connectivity index (χ4n) is 2.12. The van der Waals surface area contributed by atoms with Crippen molar-refractivity contribution in [3.8, 4) is 5.75 Å². The summed E-state index contributed by atoms with van der Waals surface area (Å²) in [4.78, 5) is 0. The van der Waals surface area contributed by atoms with Gasteiger partial charge in [0.05, 0.1) is 6.61 Å². The zero-order chi connectivity index (χ0) is 12.6. The van der Waals surface area contributed by atoms with Gasteiger partial charge in [0.25, 0.3) is 0 Å². The second-order valence-corrected chi connectivity index (χ2v) is 4.54. The summed E-state index contributed by atoms with van der Waals surface area (Å²) < 4.78 is 10.6. The second-order valence-electron chi connectivity index (χ2n) is 4.54. The van der Waals surface area contributed by atoms with Crippen LogP contribution in [0.15, 0.2) is 24.3 Å². The van der Waals surface area contributed by atoms with E-state index in [1.54, 1.807) is 7.11 Å². The molecule has 0 bridgehead atoms. The SMILES string of the molecule is COCCOc1cccc(NC2CCNCC2)c1. The van der Waals surface area contributed by atoms with E-state index in [1.807, 2.05) is 12.1 Å². The summed E-state index contributed by atoms with van der Waals surface area (Å²) in [6.07, 6.45) is 2.35. The molecule has 4 nitrogen and oxygen atoms in total. The van der Waals surface area contributed by atoms with Crippen molar-refractivity contribution < 1.29 is 9.47 Å². The smallest absolute Gasteiger partial charge is 0.121 e. The number of piperidine rings is 1. The summed E-state index contributed by atoms with van der Waals surface area (Å²) in [6.45, 7) is 3.41. The van der Waals surface area contributed by atoms with E-state index in [0.29, 0.717) is 19.3 Å². The maximum Gasteiger partial charge on any atom is 0.121 e. The van der Waals surface area contributed by atoms with E-state index in [4.69, 9.17) is 9.47 Å². The van der Waals surface area contributed by atoms with E-state index in [1.165, 1.54) is 12.8 Å². The van der Waals surface area contributed by atoms with E-state index >= 15 is 0 Å². The summed E-state index contributed by atoms with van der Waals surface area (Å²) in [6, 6.07) is 8.71. The molecule has 0 radical (unpaired) electrons. The molecule has 0 amide bonds. The monoisotopic (exact) mass is 250 g/mol. The van der Waals surface area contributed by atoms with E-state index in [9.17, 15) is 0 Å². The lowest BCUT2D eigenvalue weighted by Gasteiger charge is -2.24. The van der Waals surface area contributed by atoms with Crippen molar-refractivity contribution in [1.82, 2.24) is 5.32 Å². The summed E-state index contributed by atoms with van der Waals surface area (Å²) in [5.74, 6) is 0.894. The van der Waals surface area contributed by atoms with Gasteiger partial charge in [-0.15, -0.1) is 0 Å². The minimum absolute atomic E-state index is 0.570. The zero-order valence-corrected chi connectivity index (χ0v) is 10.9. The van der Waals surface area contributed by atoms with Crippen molar-refractivity contribution >= 4 is 5.69 Å². The van der Waals surface area contributed by atoms with Crippen molar-refractivity contribution in [2.24, 2.45) is 0 Å². The number of hydrogen-bond acceptors (Lipinski definition) is 4. The average molecular weight is 250 g/mol. The predicted octanol–water partition coefficient (Wildman–Crippen LogP) is 1.88. The van der Waals surface area contributed by atoms with Crippen LogP contribution < -0.4 is 15.4 Å². The lowest BCUT2D eigenvalue weighted by atomic mass is 10.1. The Bertz CT molecular complexity index is 351. The van der Waals surface area contributed by atoms with Crippen LogP contribution in [-0.2, 0) is 4.74 Å². The Morgan fingerprint density at radius 2 is 2.11 bits per heavy atom. The van der Waals surface area contributed by atoms with Crippen LogP contribution in [0.3, 0.4) is 0 Å². The first-order chi connectivity index (χ1) is 8.88. The molecule has 1 saturated heterocycles. The summed E-state index contributed by atoms with van der Waals surface area (Å²) in [7, 11) is 1.68. The standard InChI is InChI=1S/C14H22N2O2/c1-17-9-10-18-14-4-2-3-13(11-14)16-12-5-7-15-8-6-12/h2-4,11-12,15-16H,5-10H2,1H3. The van der Waals surface area contributed by atoms with Gasteiger partial charge in [0.2, 0.25) is 0 Å². The highest BCUT2D eigenvalue weighted by atomic mass is 16.5. The van der Waals surface area contributed by atoms with Gasteiger partial charge in [-0.1, -0.05) is 6.07 Å². The minimum Gasteiger partial charge on any atom is -0.491 e. The molecule has 0 unspecified atom stereocenters. The molecule has 1 fully saturated rings. The molecule has 1 aromatic carbocycles. The van der Waals surface area contributed by atoms with Gasteiger partial charge in [0.15, 0.2) is 0 Å². The van der Waals surface area contributed by atoms with Crippen LogP contribution in [0, 0.1) is 0 Å². The number of methoxy groups -OCH3 is 1. The number of benzene rings is 1. The van der Waals surface area contributed by atoms with Crippen LogP contribution in [0.25, 0.3) is 0 Å². The third kappa shape index (κ3) is 4.20. The lowest BCUT2D eigenvalue weighted by molar-refractivity contribution is 0.146. The molecule has 2 rings (SSSR count). The van der Waals surface area contributed by atoms with Crippen LogP contribution >= 0.6 is 0 Å². The fourth-order valence-corrected chi connectivity index (χ4v) is 2.12. The Morgan fingerprint density at radius 3 is 2.89 bits per heavy atom. The van der Waals surface area contributed by atoms with E-state index in [-0.39, 0.29) is 0 Å². The average Bonchev–Trinajstić information content (AvgIpc) is 2.41. The van der Waals surface area contributed by atoms with Crippen LogP contribution in [0.4, 0.5) is 5.69 Å². The molecule has 0 aliphatic carbocycles. The van der Waals surface area contributed by atoms with Gasteiger partial charge in [0, 0.05) is 24.9 Å². The largest absolute Gasteiger partial charge is 0.491 e. The second kappa shape index (κ2) is 7.24. The molecule has 0 atom stereocenters. The summed E-state index contributed by atoms with van der Waals surface area (Å²) in [5, 5.41) is 6.93. The molecule has 0 spiro atoms. The molecule has 1 aromatic rings. The molecule has 100 valence electrons. The van der Waals surface area contributed by atoms with Gasteiger partial charge in [-0.05, 0) is 38.1 Å². The van der Waals surface area contributed by atoms with Gasteiger partial charge < -0.3 is 20.1 Å². The first-order valence-corrected chi connectivity index (χ1v) is 6.57. The first kappa shape index (κ1) is 13.2. The van der Waals surface area contributed by atoms with Gasteiger partial charge >= 0.3 is 0 Å². The van der Waals surface area contributed by atoms with E-state index in [0.717, 1.165) is 24.5 Å². The van der Waals surface area contributed by atoms with Crippen molar-refractivity contribution in [3.63, 3.8) is 0 Å². The number of ether oxygens (including phenoxy) is 2. The molecule has 1 heterocycles. The van der Waals surface area contributed by atoms with Gasteiger partial charge in [-0.2, -0.15) is 0 Å². The third-order valence-corrected chi connectivity index (χ3v) is 3.10. The van der Waals surface area contributed by atoms with Crippen molar-refractivity contribution in [2.75, 3.05) is 38.7 Å². The molecular formula is C14H22N2O2. The lowest BCUT2D eigenvalue weighted by Crippen LogP contribution is -2.35. The van der Waals surface area contributed by atoms with E-state index < -0.39 is 0 Å². The highest BCUT2D eigenvalue weighted by Crippen LogP contribution is 2.19. The highest BCUT2D eigenvalue weighted by Gasteiger charge is 2.12. The van der Waals surface area contributed by atoms with E-state index in [2.05, 4.69) is 22.8 Å². The fraction of sp³-hybridized carbons (Fsp3) is 0.571. The molecule has 18 heavy (non-hydrogen) atoms. The molecular weight excluding hydrogens is 228 g/mol. The normalized spacial score (nSPS) is 16.5.